The standard InChI is InChI=1S/C26H26N4O3S/c1-3-30(24-14-8-5-9-15-24)34(32,33)25-16-10-11-22(17-25)26(31)28(2)19-21-18-27-29(20-21)23-12-6-4-7-13-23/h4-18,20H,3,19H2,1-2H3. The molecule has 0 atom stereocenters. The second-order valence-electron chi connectivity index (χ2n) is 7.82. The van der Waals surface area contributed by atoms with Crippen molar-refractivity contribution in [3.05, 3.63) is 108 Å². The molecule has 0 aliphatic rings. The number of benzene rings is 3. The summed E-state index contributed by atoms with van der Waals surface area (Å²) >= 11 is 0. The van der Waals surface area contributed by atoms with E-state index in [-0.39, 0.29) is 17.3 Å². The number of anilines is 1. The number of amides is 1. The lowest BCUT2D eigenvalue weighted by Gasteiger charge is -2.23. The van der Waals surface area contributed by atoms with Gasteiger partial charge in [0.05, 0.1) is 22.5 Å². The minimum atomic E-state index is -3.82. The van der Waals surface area contributed by atoms with Gasteiger partial charge in [-0.3, -0.25) is 9.10 Å². The van der Waals surface area contributed by atoms with Gasteiger partial charge in [-0.2, -0.15) is 5.10 Å². The van der Waals surface area contributed by atoms with Gasteiger partial charge in [-0.05, 0) is 49.4 Å². The van der Waals surface area contributed by atoms with Gasteiger partial charge >= 0.3 is 0 Å². The molecule has 0 spiro atoms. The Hall–Kier alpha value is -3.91. The number of para-hydroxylation sites is 2. The second kappa shape index (κ2) is 9.93. The van der Waals surface area contributed by atoms with Crippen molar-refractivity contribution in [3.8, 4) is 5.69 Å². The molecule has 0 fully saturated rings. The Morgan fingerprint density at radius 1 is 0.941 bits per heavy atom. The first-order chi connectivity index (χ1) is 16.4. The minimum Gasteiger partial charge on any atom is -0.337 e. The Balaban J connectivity index is 1.53. The van der Waals surface area contributed by atoms with Gasteiger partial charge in [-0.15, -0.1) is 0 Å². The first kappa shape index (κ1) is 23.3. The highest BCUT2D eigenvalue weighted by Gasteiger charge is 2.25. The van der Waals surface area contributed by atoms with Gasteiger partial charge in [0.15, 0.2) is 0 Å². The first-order valence-electron chi connectivity index (χ1n) is 10.9. The number of hydrogen-bond donors (Lipinski definition) is 0. The van der Waals surface area contributed by atoms with Gasteiger partial charge in [0.25, 0.3) is 15.9 Å². The normalized spacial score (nSPS) is 11.2. The highest BCUT2D eigenvalue weighted by molar-refractivity contribution is 7.92. The molecular weight excluding hydrogens is 448 g/mol. The lowest BCUT2D eigenvalue weighted by Crippen LogP contribution is -2.31. The largest absolute Gasteiger partial charge is 0.337 e. The molecule has 7 nitrogen and oxygen atoms in total. The summed E-state index contributed by atoms with van der Waals surface area (Å²) in [7, 11) is -2.14. The molecule has 0 aliphatic carbocycles. The van der Waals surface area contributed by atoms with E-state index in [0.29, 0.717) is 17.8 Å². The van der Waals surface area contributed by atoms with Gasteiger partial charge in [0.2, 0.25) is 0 Å². The van der Waals surface area contributed by atoms with Crippen molar-refractivity contribution in [1.29, 1.82) is 0 Å². The SMILES string of the molecule is CCN(c1ccccc1)S(=O)(=O)c1cccc(C(=O)N(C)Cc2cnn(-c3ccccc3)c2)c1. The summed E-state index contributed by atoms with van der Waals surface area (Å²) < 4.78 is 29.7. The molecule has 0 N–H and O–H groups in total. The van der Waals surface area contributed by atoms with Crippen molar-refractivity contribution in [3.63, 3.8) is 0 Å². The van der Waals surface area contributed by atoms with Crippen molar-refractivity contribution in [2.75, 3.05) is 17.9 Å². The van der Waals surface area contributed by atoms with E-state index in [2.05, 4.69) is 5.10 Å². The number of aromatic nitrogens is 2. The second-order valence-corrected chi connectivity index (χ2v) is 9.69. The molecule has 0 aliphatic heterocycles. The van der Waals surface area contributed by atoms with Crippen LogP contribution < -0.4 is 4.31 Å². The third-order valence-corrected chi connectivity index (χ3v) is 7.32. The van der Waals surface area contributed by atoms with E-state index in [1.165, 1.54) is 16.4 Å². The van der Waals surface area contributed by atoms with Gasteiger partial charge < -0.3 is 4.90 Å². The van der Waals surface area contributed by atoms with Crippen LogP contribution in [0.25, 0.3) is 5.69 Å². The van der Waals surface area contributed by atoms with Crippen LogP contribution in [0.15, 0.2) is 102 Å². The quantitative estimate of drug-likeness (QED) is 0.380. The van der Waals surface area contributed by atoms with Crippen molar-refractivity contribution in [2.45, 2.75) is 18.4 Å². The van der Waals surface area contributed by atoms with Crippen LogP contribution in [0.4, 0.5) is 5.69 Å². The summed E-state index contributed by atoms with van der Waals surface area (Å²) in [6, 6.07) is 24.8. The molecule has 0 saturated carbocycles. The van der Waals surface area contributed by atoms with E-state index in [9.17, 15) is 13.2 Å². The third kappa shape index (κ3) is 4.87. The highest BCUT2D eigenvalue weighted by atomic mass is 32.2. The molecule has 4 rings (SSSR count). The number of hydrogen-bond acceptors (Lipinski definition) is 4. The van der Waals surface area contributed by atoms with Crippen LogP contribution in [0.3, 0.4) is 0 Å². The maximum atomic E-state index is 13.3. The zero-order chi connectivity index (χ0) is 24.1. The van der Waals surface area contributed by atoms with Crippen molar-refractivity contribution in [2.24, 2.45) is 0 Å². The fourth-order valence-electron chi connectivity index (χ4n) is 3.73. The third-order valence-electron chi connectivity index (χ3n) is 5.42. The monoisotopic (exact) mass is 474 g/mol. The Bertz CT molecular complexity index is 1370. The number of nitrogens with zero attached hydrogens (tertiary/aromatic N) is 4. The number of carbonyl (C=O) groups is 1. The highest BCUT2D eigenvalue weighted by Crippen LogP contribution is 2.24. The Labute approximate surface area is 199 Å². The minimum absolute atomic E-state index is 0.0781. The topological polar surface area (TPSA) is 75.5 Å². The lowest BCUT2D eigenvalue weighted by atomic mass is 10.2. The summed E-state index contributed by atoms with van der Waals surface area (Å²) in [6.07, 6.45) is 3.59. The molecule has 0 radical (unpaired) electrons. The fourth-order valence-corrected chi connectivity index (χ4v) is 5.25. The smallest absolute Gasteiger partial charge is 0.264 e. The zero-order valence-corrected chi connectivity index (χ0v) is 19.9. The first-order valence-corrected chi connectivity index (χ1v) is 12.4. The van der Waals surface area contributed by atoms with E-state index < -0.39 is 10.0 Å². The Kier molecular flexibility index (Phi) is 6.79. The van der Waals surface area contributed by atoms with Crippen LogP contribution in [0.5, 0.6) is 0 Å². The van der Waals surface area contributed by atoms with Crippen LogP contribution in [0, 0.1) is 0 Å². The number of carbonyl (C=O) groups excluding carboxylic acids is 1. The number of rotatable bonds is 8. The molecule has 8 heteroatoms. The maximum absolute atomic E-state index is 13.3. The zero-order valence-electron chi connectivity index (χ0n) is 19.1. The molecule has 1 heterocycles. The molecule has 1 amide bonds. The molecule has 0 unspecified atom stereocenters. The molecule has 34 heavy (non-hydrogen) atoms. The van der Waals surface area contributed by atoms with Gasteiger partial charge in [-0.25, -0.2) is 13.1 Å². The van der Waals surface area contributed by atoms with Crippen LogP contribution >= 0.6 is 0 Å². The fraction of sp³-hybridized carbons (Fsp3) is 0.154. The van der Waals surface area contributed by atoms with Gasteiger partial charge in [-0.1, -0.05) is 42.5 Å². The lowest BCUT2D eigenvalue weighted by molar-refractivity contribution is 0.0785. The molecule has 4 aromatic rings. The van der Waals surface area contributed by atoms with Crippen LogP contribution in [0.1, 0.15) is 22.8 Å². The summed E-state index contributed by atoms with van der Waals surface area (Å²) in [5, 5.41) is 4.37. The maximum Gasteiger partial charge on any atom is 0.264 e. The molecule has 1 aromatic heterocycles. The molecule has 0 bridgehead atoms. The van der Waals surface area contributed by atoms with Crippen molar-refractivity contribution in [1.82, 2.24) is 14.7 Å². The molecule has 174 valence electrons. The summed E-state index contributed by atoms with van der Waals surface area (Å²) in [6.45, 7) is 2.40. The average Bonchev–Trinajstić information content (AvgIpc) is 3.33. The van der Waals surface area contributed by atoms with E-state index >= 15 is 0 Å². The summed E-state index contributed by atoms with van der Waals surface area (Å²) in [5.41, 5.74) is 2.68. The Morgan fingerprint density at radius 3 is 2.29 bits per heavy atom. The van der Waals surface area contributed by atoms with Crippen LogP contribution in [0.2, 0.25) is 0 Å². The van der Waals surface area contributed by atoms with Gasteiger partial charge in [0, 0.05) is 37.5 Å². The van der Waals surface area contributed by atoms with Gasteiger partial charge in [0.1, 0.15) is 0 Å². The average molecular weight is 475 g/mol. The number of sulfonamides is 1. The summed E-state index contributed by atoms with van der Waals surface area (Å²) in [4.78, 5) is 14.7. The van der Waals surface area contributed by atoms with E-state index in [1.807, 2.05) is 42.6 Å². The van der Waals surface area contributed by atoms with Crippen LogP contribution in [-0.4, -0.2) is 42.6 Å². The van der Waals surface area contributed by atoms with Crippen molar-refractivity contribution >= 4 is 21.6 Å². The van der Waals surface area contributed by atoms with E-state index in [0.717, 1.165) is 11.3 Å². The molecule has 3 aromatic carbocycles. The molecule has 0 saturated heterocycles. The van der Waals surface area contributed by atoms with E-state index in [1.54, 1.807) is 66.1 Å². The Morgan fingerprint density at radius 2 is 1.62 bits per heavy atom. The van der Waals surface area contributed by atoms with E-state index in [4.69, 9.17) is 0 Å². The summed E-state index contributed by atoms with van der Waals surface area (Å²) in [5.74, 6) is -0.271. The molecular formula is C26H26N4O3S. The van der Waals surface area contributed by atoms with Crippen molar-refractivity contribution < 1.29 is 13.2 Å². The predicted octanol–water partition coefficient (Wildman–Crippen LogP) is 4.36. The van der Waals surface area contributed by atoms with Crippen LogP contribution in [-0.2, 0) is 16.6 Å². The predicted molar refractivity (Wildman–Crippen MR) is 132 cm³/mol.